The van der Waals surface area contributed by atoms with Crippen LogP contribution in [0.2, 0.25) is 0 Å². The first-order chi connectivity index (χ1) is 15.5. The second-order valence-corrected chi connectivity index (χ2v) is 10.0. The topological polar surface area (TPSA) is 102 Å². The fraction of sp³-hybridized carbons (Fsp3) is 0.792. The van der Waals surface area contributed by atoms with Crippen molar-refractivity contribution >= 4 is 23.7 Å². The van der Waals surface area contributed by atoms with Crippen molar-refractivity contribution < 1.29 is 24.5 Å². The Morgan fingerprint density at radius 2 is 1.66 bits per heavy atom. The summed E-state index contributed by atoms with van der Waals surface area (Å²) in [5.74, 6) is -3.65. The Morgan fingerprint density at radius 1 is 1.03 bits per heavy atom. The minimum absolute atomic E-state index is 0.557. The van der Waals surface area contributed by atoms with E-state index in [0.29, 0.717) is 5.25 Å². The molecule has 1 heterocycles. The van der Waals surface area contributed by atoms with Crippen molar-refractivity contribution in [2.45, 2.75) is 107 Å². The molecule has 32 heavy (non-hydrogen) atoms. The number of carbonyl (C=O) groups is 2. The number of hydrogen-bond acceptors (Lipinski definition) is 5. The van der Waals surface area contributed by atoms with E-state index in [9.17, 15) is 0 Å². The maximum atomic E-state index is 9.10. The fourth-order valence-electron chi connectivity index (χ4n) is 3.79. The first kappa shape index (κ1) is 28.5. The molecule has 0 aliphatic heterocycles. The Labute approximate surface area is 197 Å². The van der Waals surface area contributed by atoms with Gasteiger partial charge in [-0.3, -0.25) is 0 Å². The van der Waals surface area contributed by atoms with E-state index in [4.69, 9.17) is 24.5 Å². The molecule has 1 saturated carbocycles. The minimum atomic E-state index is -1.82. The molecule has 0 radical (unpaired) electrons. The second kappa shape index (κ2) is 19.0. The van der Waals surface area contributed by atoms with Gasteiger partial charge in [-0.2, -0.15) is 11.8 Å². The highest BCUT2D eigenvalue weighted by atomic mass is 32.2. The van der Waals surface area contributed by atoms with Crippen molar-refractivity contribution in [1.29, 1.82) is 0 Å². The van der Waals surface area contributed by atoms with Crippen LogP contribution in [-0.2, 0) is 20.9 Å². The molecule has 1 aromatic rings. The van der Waals surface area contributed by atoms with Crippen molar-refractivity contribution in [3.8, 4) is 0 Å². The molecule has 184 valence electrons. The third-order valence-electron chi connectivity index (χ3n) is 5.54. The van der Waals surface area contributed by atoms with Crippen molar-refractivity contribution in [2.24, 2.45) is 0 Å². The Morgan fingerprint density at radius 3 is 2.22 bits per heavy atom. The van der Waals surface area contributed by atoms with Crippen LogP contribution in [0.3, 0.4) is 0 Å². The fourth-order valence-corrected chi connectivity index (χ4v) is 5.37. The Kier molecular flexibility index (Phi) is 16.9. The molecule has 0 saturated heterocycles. The van der Waals surface area contributed by atoms with Gasteiger partial charge in [0, 0.05) is 36.0 Å². The van der Waals surface area contributed by atoms with Gasteiger partial charge in [0.05, 0.1) is 12.9 Å². The van der Waals surface area contributed by atoms with Gasteiger partial charge in [-0.15, -0.1) is 0 Å². The van der Waals surface area contributed by atoms with Crippen molar-refractivity contribution in [3.63, 3.8) is 0 Å². The summed E-state index contributed by atoms with van der Waals surface area (Å²) in [7, 11) is 0. The smallest absolute Gasteiger partial charge is 0.414 e. The average Bonchev–Trinajstić information content (AvgIpc) is 3.29. The molecule has 1 atom stereocenters. The molecule has 0 amide bonds. The number of ether oxygens (including phenoxy) is 1. The predicted octanol–water partition coefficient (Wildman–Crippen LogP) is 5.63. The zero-order chi connectivity index (χ0) is 23.4. The lowest BCUT2D eigenvalue weighted by molar-refractivity contribution is -0.159. The third-order valence-corrected chi connectivity index (χ3v) is 7.07. The van der Waals surface area contributed by atoms with E-state index >= 15 is 0 Å². The zero-order valence-corrected chi connectivity index (χ0v) is 20.4. The molecule has 0 spiro atoms. The largest absolute Gasteiger partial charge is 0.473 e. The highest BCUT2D eigenvalue weighted by Crippen LogP contribution is 2.31. The van der Waals surface area contributed by atoms with Crippen LogP contribution in [0.5, 0.6) is 0 Å². The average molecular weight is 471 g/mol. The highest BCUT2D eigenvalue weighted by Gasteiger charge is 2.20. The van der Waals surface area contributed by atoms with Gasteiger partial charge < -0.3 is 19.5 Å². The molecule has 0 bridgehead atoms. The summed E-state index contributed by atoms with van der Waals surface area (Å²) in [4.78, 5) is 22.4. The molecule has 2 N–H and O–H groups in total. The third kappa shape index (κ3) is 15.3. The SMILES string of the molecule is CCCCCCCCCCOCC(Cn1ccnc1)SC1CCCCC1.O=C(O)C(=O)O. The van der Waals surface area contributed by atoms with Crippen LogP contribution < -0.4 is 0 Å². The summed E-state index contributed by atoms with van der Waals surface area (Å²) in [5.41, 5.74) is 0. The van der Waals surface area contributed by atoms with Gasteiger partial charge in [0.15, 0.2) is 0 Å². The molecule has 7 nitrogen and oxygen atoms in total. The maximum Gasteiger partial charge on any atom is 0.414 e. The van der Waals surface area contributed by atoms with Crippen molar-refractivity contribution in [1.82, 2.24) is 9.55 Å². The normalized spacial score (nSPS) is 15.0. The van der Waals surface area contributed by atoms with Crippen LogP contribution in [0, 0.1) is 0 Å². The van der Waals surface area contributed by atoms with Crippen LogP contribution in [0.1, 0.15) is 90.4 Å². The summed E-state index contributed by atoms with van der Waals surface area (Å²) in [5, 5.41) is 16.2. The highest BCUT2D eigenvalue weighted by molar-refractivity contribution is 8.00. The lowest BCUT2D eigenvalue weighted by atomic mass is 10.0. The minimum Gasteiger partial charge on any atom is -0.473 e. The summed E-state index contributed by atoms with van der Waals surface area (Å²) < 4.78 is 8.29. The zero-order valence-electron chi connectivity index (χ0n) is 19.6. The molecular formula is C24H42N2O5S. The summed E-state index contributed by atoms with van der Waals surface area (Å²) in [6.07, 6.45) is 23.8. The molecule has 0 aromatic carbocycles. The Bertz CT molecular complexity index is 579. The number of carboxylic acids is 2. The van der Waals surface area contributed by atoms with E-state index in [1.165, 1.54) is 83.5 Å². The quantitative estimate of drug-likeness (QED) is 0.253. The lowest BCUT2D eigenvalue weighted by Crippen LogP contribution is -2.23. The Hall–Kier alpha value is -1.54. The number of rotatable bonds is 15. The van der Waals surface area contributed by atoms with Crippen LogP contribution in [-0.4, -0.2) is 55.4 Å². The van der Waals surface area contributed by atoms with E-state index in [1.807, 2.05) is 12.5 Å². The number of hydrogen-bond donors (Lipinski definition) is 2. The summed E-state index contributed by atoms with van der Waals surface area (Å²) >= 11 is 2.17. The number of thioether (sulfide) groups is 1. The van der Waals surface area contributed by atoms with Crippen molar-refractivity contribution in [2.75, 3.05) is 13.2 Å². The van der Waals surface area contributed by atoms with E-state index in [-0.39, 0.29) is 0 Å². The van der Waals surface area contributed by atoms with Crippen LogP contribution in [0.15, 0.2) is 18.7 Å². The molecule has 1 aliphatic carbocycles. The second-order valence-electron chi connectivity index (χ2n) is 8.44. The van der Waals surface area contributed by atoms with E-state index in [1.54, 1.807) is 0 Å². The number of aromatic nitrogens is 2. The number of unbranched alkanes of at least 4 members (excludes halogenated alkanes) is 7. The van der Waals surface area contributed by atoms with E-state index in [0.717, 1.165) is 25.0 Å². The molecule has 1 unspecified atom stereocenters. The molecule has 1 aromatic heterocycles. The number of nitrogens with zero attached hydrogens (tertiary/aromatic N) is 2. The van der Waals surface area contributed by atoms with Gasteiger partial charge in [-0.05, 0) is 19.3 Å². The number of imidazole rings is 1. The molecule has 8 heteroatoms. The van der Waals surface area contributed by atoms with Gasteiger partial charge in [0.1, 0.15) is 0 Å². The molecule has 1 fully saturated rings. The summed E-state index contributed by atoms with van der Waals surface area (Å²) in [6.45, 7) is 5.12. The molecular weight excluding hydrogens is 428 g/mol. The van der Waals surface area contributed by atoms with Gasteiger partial charge in [0.2, 0.25) is 0 Å². The van der Waals surface area contributed by atoms with Gasteiger partial charge in [-0.1, -0.05) is 71.1 Å². The van der Waals surface area contributed by atoms with E-state index < -0.39 is 11.9 Å². The van der Waals surface area contributed by atoms with Crippen LogP contribution >= 0.6 is 11.8 Å². The van der Waals surface area contributed by atoms with Gasteiger partial charge >= 0.3 is 11.9 Å². The number of carboxylic acid groups (broad SMARTS) is 2. The van der Waals surface area contributed by atoms with Gasteiger partial charge in [-0.25, -0.2) is 14.6 Å². The summed E-state index contributed by atoms with van der Waals surface area (Å²) in [6, 6.07) is 0. The molecule has 2 rings (SSSR count). The van der Waals surface area contributed by atoms with Crippen LogP contribution in [0.4, 0.5) is 0 Å². The first-order valence-corrected chi connectivity index (χ1v) is 13.1. The van der Waals surface area contributed by atoms with Gasteiger partial charge in [0.25, 0.3) is 0 Å². The number of aliphatic carboxylic acids is 2. The van der Waals surface area contributed by atoms with Crippen molar-refractivity contribution in [3.05, 3.63) is 18.7 Å². The van der Waals surface area contributed by atoms with E-state index in [2.05, 4.69) is 34.4 Å². The Balaban J connectivity index is 0.000000751. The first-order valence-electron chi connectivity index (χ1n) is 12.2. The maximum absolute atomic E-state index is 9.10. The predicted molar refractivity (Wildman–Crippen MR) is 129 cm³/mol. The lowest BCUT2D eigenvalue weighted by Gasteiger charge is -2.26. The van der Waals surface area contributed by atoms with Crippen LogP contribution in [0.25, 0.3) is 0 Å². The molecule has 1 aliphatic rings. The standard InChI is InChI=1S/C22H40N2OS.C2H2O4/c1-2-3-4-5-6-7-8-12-17-25-19-22(18-24-16-15-23-20-24)26-21-13-10-9-11-14-21;3-1(4)2(5)6/h15-16,20-22H,2-14,17-19H2,1H3;(H,3,4)(H,5,6). The monoisotopic (exact) mass is 470 g/mol.